The molecule has 0 radical (unpaired) electrons. The van der Waals surface area contributed by atoms with Gasteiger partial charge in [0.2, 0.25) is 0 Å². The van der Waals surface area contributed by atoms with Gasteiger partial charge in [-0.25, -0.2) is 0 Å². The van der Waals surface area contributed by atoms with Crippen LogP contribution in [0.4, 0.5) is 14.5 Å². The summed E-state index contributed by atoms with van der Waals surface area (Å²) in [6, 6.07) is 10.4. The highest BCUT2D eigenvalue weighted by Gasteiger charge is 2.22. The third kappa shape index (κ3) is 4.94. The molecule has 1 amide bonds. The van der Waals surface area contributed by atoms with Crippen molar-refractivity contribution in [2.75, 3.05) is 5.32 Å². The van der Waals surface area contributed by atoms with Gasteiger partial charge in [0, 0.05) is 0 Å². The Kier molecular flexibility index (Phi) is 6.34. The number of benzene rings is 2. The summed E-state index contributed by atoms with van der Waals surface area (Å²) in [6.45, 7) is 4.33. The molecule has 3 aromatic rings. The quantitative estimate of drug-likeness (QED) is 0.563. The maximum Gasteiger partial charge on any atom is 0.387 e. The van der Waals surface area contributed by atoms with Crippen molar-refractivity contribution in [1.29, 1.82) is 0 Å². The summed E-state index contributed by atoms with van der Waals surface area (Å²) >= 11 is 0. The van der Waals surface area contributed by atoms with Crippen LogP contribution in [-0.4, -0.2) is 17.7 Å². The van der Waals surface area contributed by atoms with Gasteiger partial charge in [-0.15, -0.1) is 0 Å². The molecule has 0 aliphatic rings. The van der Waals surface area contributed by atoms with Gasteiger partial charge in [0.15, 0.2) is 5.69 Å². The SMILES string of the molecule is Cc1ccc(C)c(OCc2c(C(=O)Nc3ccc(C)cc3OC(F)F)noc2C)c1. The van der Waals surface area contributed by atoms with Crippen molar-refractivity contribution < 1.29 is 27.6 Å². The van der Waals surface area contributed by atoms with Crippen LogP contribution in [0.25, 0.3) is 0 Å². The molecule has 0 saturated heterocycles. The highest BCUT2D eigenvalue weighted by Crippen LogP contribution is 2.29. The number of carbonyl (C=O) groups excluding carboxylic acids is 1. The summed E-state index contributed by atoms with van der Waals surface area (Å²) in [5.41, 5.74) is 3.30. The van der Waals surface area contributed by atoms with Crippen LogP contribution in [0.2, 0.25) is 0 Å². The number of hydrogen-bond donors (Lipinski definition) is 1. The molecule has 158 valence electrons. The van der Waals surface area contributed by atoms with E-state index in [1.54, 1.807) is 19.9 Å². The molecule has 0 fully saturated rings. The number of hydrogen-bond acceptors (Lipinski definition) is 5. The molecule has 0 unspecified atom stereocenters. The lowest BCUT2D eigenvalue weighted by Crippen LogP contribution is -2.17. The van der Waals surface area contributed by atoms with E-state index in [1.165, 1.54) is 12.1 Å². The van der Waals surface area contributed by atoms with Crippen LogP contribution >= 0.6 is 0 Å². The molecule has 0 saturated carbocycles. The van der Waals surface area contributed by atoms with Crippen molar-refractivity contribution in [3.8, 4) is 11.5 Å². The van der Waals surface area contributed by atoms with Crippen LogP contribution < -0.4 is 14.8 Å². The van der Waals surface area contributed by atoms with E-state index >= 15 is 0 Å². The summed E-state index contributed by atoms with van der Waals surface area (Å²) in [5, 5.41) is 6.37. The number of halogens is 2. The largest absolute Gasteiger partial charge is 0.488 e. The van der Waals surface area contributed by atoms with Crippen molar-refractivity contribution in [2.45, 2.75) is 40.9 Å². The van der Waals surface area contributed by atoms with Gasteiger partial charge in [0.1, 0.15) is 23.9 Å². The van der Waals surface area contributed by atoms with Crippen LogP contribution in [-0.2, 0) is 6.61 Å². The zero-order chi connectivity index (χ0) is 21.8. The molecular formula is C22H22F2N2O4. The van der Waals surface area contributed by atoms with Gasteiger partial charge in [-0.1, -0.05) is 23.4 Å². The highest BCUT2D eigenvalue weighted by atomic mass is 19.3. The number of anilines is 1. The van der Waals surface area contributed by atoms with Crippen molar-refractivity contribution in [2.24, 2.45) is 0 Å². The van der Waals surface area contributed by atoms with Crippen LogP contribution in [0.1, 0.15) is 38.5 Å². The Hall–Kier alpha value is -3.42. The fourth-order valence-electron chi connectivity index (χ4n) is 2.86. The number of aromatic nitrogens is 1. The van der Waals surface area contributed by atoms with Gasteiger partial charge < -0.3 is 19.3 Å². The van der Waals surface area contributed by atoms with Gasteiger partial charge in [0.05, 0.1) is 11.3 Å². The molecule has 0 atom stereocenters. The molecule has 2 aromatic carbocycles. The number of amides is 1. The second-order valence-electron chi connectivity index (χ2n) is 6.96. The Labute approximate surface area is 172 Å². The molecule has 30 heavy (non-hydrogen) atoms. The van der Waals surface area contributed by atoms with Gasteiger partial charge >= 0.3 is 6.61 Å². The van der Waals surface area contributed by atoms with E-state index in [0.29, 0.717) is 22.6 Å². The number of rotatable bonds is 7. The minimum absolute atomic E-state index is 0.0152. The number of nitrogens with one attached hydrogen (secondary N) is 1. The molecule has 0 aliphatic heterocycles. The summed E-state index contributed by atoms with van der Waals surface area (Å²) in [6.07, 6.45) is 0. The first-order valence-electron chi connectivity index (χ1n) is 9.26. The predicted molar refractivity (Wildman–Crippen MR) is 107 cm³/mol. The van der Waals surface area contributed by atoms with Gasteiger partial charge in [-0.3, -0.25) is 4.79 Å². The first kappa shape index (κ1) is 21.3. The zero-order valence-corrected chi connectivity index (χ0v) is 17.1. The summed E-state index contributed by atoms with van der Waals surface area (Å²) in [5.74, 6) is 0.368. The van der Waals surface area contributed by atoms with Crippen molar-refractivity contribution >= 4 is 11.6 Å². The lowest BCUT2D eigenvalue weighted by atomic mass is 10.1. The maximum atomic E-state index is 12.8. The van der Waals surface area contributed by atoms with Gasteiger partial charge in [-0.05, 0) is 62.6 Å². The Bertz CT molecular complexity index is 1060. The van der Waals surface area contributed by atoms with E-state index in [9.17, 15) is 13.6 Å². The van der Waals surface area contributed by atoms with E-state index in [1.807, 2.05) is 32.0 Å². The van der Waals surface area contributed by atoms with E-state index < -0.39 is 12.5 Å². The molecule has 3 rings (SSSR count). The fourth-order valence-corrected chi connectivity index (χ4v) is 2.86. The third-order valence-corrected chi connectivity index (χ3v) is 4.52. The number of nitrogens with zero attached hydrogens (tertiary/aromatic N) is 1. The first-order chi connectivity index (χ1) is 14.2. The number of carbonyl (C=O) groups is 1. The minimum Gasteiger partial charge on any atom is -0.488 e. The molecule has 0 aliphatic carbocycles. The van der Waals surface area contributed by atoms with E-state index in [4.69, 9.17) is 9.26 Å². The molecule has 6 nitrogen and oxygen atoms in total. The standard InChI is InChI=1S/C22H22F2N2O4/c1-12-5-7-14(3)18(9-12)28-11-16-15(4)30-26-20(16)21(27)25-17-8-6-13(2)10-19(17)29-22(23)24/h5-10,22H,11H2,1-4H3,(H,25,27). The zero-order valence-electron chi connectivity index (χ0n) is 17.1. The maximum absolute atomic E-state index is 12.8. The highest BCUT2D eigenvalue weighted by molar-refractivity contribution is 6.04. The van der Waals surface area contributed by atoms with Gasteiger partial charge in [0.25, 0.3) is 5.91 Å². The van der Waals surface area contributed by atoms with Crippen LogP contribution in [0.15, 0.2) is 40.9 Å². The average Bonchev–Trinajstić information content (AvgIpc) is 3.05. The molecule has 1 N–H and O–H groups in total. The smallest absolute Gasteiger partial charge is 0.387 e. The number of aryl methyl sites for hydroxylation is 4. The third-order valence-electron chi connectivity index (χ3n) is 4.52. The predicted octanol–water partition coefficient (Wildman–Crippen LogP) is 5.34. The second-order valence-corrected chi connectivity index (χ2v) is 6.96. The van der Waals surface area contributed by atoms with Crippen LogP contribution in [0.5, 0.6) is 11.5 Å². The van der Waals surface area contributed by atoms with E-state index in [-0.39, 0.29) is 23.7 Å². The molecule has 0 spiro atoms. The normalized spacial score (nSPS) is 10.9. The summed E-state index contributed by atoms with van der Waals surface area (Å²) < 4.78 is 41.0. The van der Waals surface area contributed by atoms with Crippen molar-refractivity contribution in [3.05, 3.63) is 70.1 Å². The van der Waals surface area contributed by atoms with Crippen LogP contribution in [0.3, 0.4) is 0 Å². The molecule has 8 heteroatoms. The van der Waals surface area contributed by atoms with Crippen LogP contribution in [0, 0.1) is 27.7 Å². The van der Waals surface area contributed by atoms with E-state index in [0.717, 1.165) is 11.1 Å². The Morgan fingerprint density at radius 1 is 1.07 bits per heavy atom. The first-order valence-corrected chi connectivity index (χ1v) is 9.26. The molecule has 1 aromatic heterocycles. The minimum atomic E-state index is -3.02. The fraction of sp³-hybridized carbons (Fsp3) is 0.273. The molecule has 0 bridgehead atoms. The van der Waals surface area contributed by atoms with Crippen molar-refractivity contribution in [1.82, 2.24) is 5.16 Å². The van der Waals surface area contributed by atoms with Gasteiger partial charge in [-0.2, -0.15) is 8.78 Å². The topological polar surface area (TPSA) is 73.6 Å². The summed E-state index contributed by atoms with van der Waals surface area (Å²) in [7, 11) is 0. The molecular weight excluding hydrogens is 394 g/mol. The van der Waals surface area contributed by atoms with E-state index in [2.05, 4.69) is 15.2 Å². The Morgan fingerprint density at radius 3 is 2.43 bits per heavy atom. The monoisotopic (exact) mass is 416 g/mol. The number of alkyl halides is 2. The summed E-state index contributed by atoms with van der Waals surface area (Å²) in [4.78, 5) is 12.8. The number of ether oxygens (including phenoxy) is 2. The Morgan fingerprint density at radius 2 is 1.73 bits per heavy atom. The lowest BCUT2D eigenvalue weighted by molar-refractivity contribution is -0.0494. The lowest BCUT2D eigenvalue weighted by Gasteiger charge is -2.13. The average molecular weight is 416 g/mol. The Balaban J connectivity index is 1.81. The second kappa shape index (κ2) is 8.94. The van der Waals surface area contributed by atoms with Crippen molar-refractivity contribution in [3.63, 3.8) is 0 Å². The molecule has 1 heterocycles.